The molecule has 0 radical (unpaired) electrons. The third-order valence-electron chi connectivity index (χ3n) is 1.42. The second kappa shape index (κ2) is 9.68. The van der Waals surface area contributed by atoms with E-state index in [0.29, 0.717) is 6.73 Å². The topological polar surface area (TPSA) is 38.3 Å². The average Bonchev–Trinajstić information content (AvgIpc) is 1.86. The normalized spacial score (nSPS) is 11.5. The van der Waals surface area contributed by atoms with Gasteiger partial charge in [-0.05, 0) is 27.7 Å². The molecule has 0 aliphatic rings. The summed E-state index contributed by atoms with van der Waals surface area (Å²) in [6.45, 7) is 7.75. The first-order chi connectivity index (χ1) is 5.04. The lowest BCUT2D eigenvalue weighted by Gasteiger charge is -2.12. The van der Waals surface area contributed by atoms with Crippen LogP contribution in [0.4, 0.5) is 0 Å². The van der Waals surface area contributed by atoms with Crippen LogP contribution in [-0.4, -0.2) is 24.7 Å². The zero-order valence-electron chi connectivity index (χ0n) is 7.68. The minimum Gasteiger partial charge on any atom is -0.364 e. The smallest absolute Gasteiger partial charge is 0.146 e. The van der Waals surface area contributed by atoms with Crippen LogP contribution < -0.4 is 5.32 Å². The minimum absolute atomic E-state index is 0. The largest absolute Gasteiger partial charge is 0.364 e. The van der Waals surface area contributed by atoms with E-state index in [1.807, 2.05) is 20.8 Å². The van der Waals surface area contributed by atoms with E-state index in [1.54, 1.807) is 6.92 Å². The molecular weight excluding hydrogens is 166 g/mol. The minimum atomic E-state index is -0.103. The van der Waals surface area contributed by atoms with Gasteiger partial charge in [-0.15, -0.1) is 0 Å². The highest BCUT2D eigenvalue weighted by Crippen LogP contribution is 1.87. The number of nitrogens with one attached hydrogen (secondary N) is 1. The standard InChI is InChI=1S/C8H17NO2.2CH4/c1-6(2)11-5-9-7(3)8(4)10;;/h6-7,9H,5H2,1-4H3;2*1H4. The molecule has 0 saturated carbocycles. The molecule has 0 amide bonds. The summed E-state index contributed by atoms with van der Waals surface area (Å²) in [6, 6.07) is -0.103. The van der Waals surface area contributed by atoms with E-state index in [-0.39, 0.29) is 32.8 Å². The van der Waals surface area contributed by atoms with E-state index in [4.69, 9.17) is 4.74 Å². The van der Waals surface area contributed by atoms with Crippen LogP contribution in [0.2, 0.25) is 0 Å². The first kappa shape index (κ1) is 18.4. The first-order valence-corrected chi connectivity index (χ1v) is 3.89. The summed E-state index contributed by atoms with van der Waals surface area (Å²) in [7, 11) is 0. The Morgan fingerprint density at radius 3 is 2.08 bits per heavy atom. The fraction of sp³-hybridized carbons (Fsp3) is 0.900. The van der Waals surface area contributed by atoms with E-state index in [9.17, 15) is 4.79 Å². The Morgan fingerprint density at radius 1 is 1.31 bits per heavy atom. The van der Waals surface area contributed by atoms with Gasteiger partial charge in [0.25, 0.3) is 0 Å². The van der Waals surface area contributed by atoms with Gasteiger partial charge < -0.3 is 4.74 Å². The van der Waals surface area contributed by atoms with Crippen molar-refractivity contribution in [2.24, 2.45) is 0 Å². The first-order valence-electron chi connectivity index (χ1n) is 3.89. The van der Waals surface area contributed by atoms with Gasteiger partial charge >= 0.3 is 0 Å². The van der Waals surface area contributed by atoms with Crippen molar-refractivity contribution in [1.82, 2.24) is 5.32 Å². The molecule has 0 aliphatic heterocycles. The molecule has 0 bridgehead atoms. The van der Waals surface area contributed by atoms with E-state index < -0.39 is 0 Å². The number of hydrogen-bond acceptors (Lipinski definition) is 3. The predicted octanol–water partition coefficient (Wildman–Crippen LogP) is 2.21. The van der Waals surface area contributed by atoms with Gasteiger partial charge in [-0.2, -0.15) is 0 Å². The molecule has 3 heteroatoms. The highest BCUT2D eigenvalue weighted by atomic mass is 16.5. The van der Waals surface area contributed by atoms with Crippen LogP contribution in [0.15, 0.2) is 0 Å². The van der Waals surface area contributed by atoms with Gasteiger partial charge in [0, 0.05) is 0 Å². The van der Waals surface area contributed by atoms with Crippen LogP contribution in [-0.2, 0) is 9.53 Å². The molecule has 0 aromatic heterocycles. The molecule has 0 rings (SSSR count). The Hall–Kier alpha value is -0.410. The number of carbonyl (C=O) groups is 1. The van der Waals surface area contributed by atoms with Crippen molar-refractivity contribution < 1.29 is 9.53 Å². The molecule has 0 aliphatic carbocycles. The Balaban J connectivity index is -0.000000500. The van der Waals surface area contributed by atoms with Gasteiger partial charge in [0.05, 0.1) is 18.9 Å². The van der Waals surface area contributed by atoms with Gasteiger partial charge in [0.1, 0.15) is 5.78 Å². The van der Waals surface area contributed by atoms with Crippen LogP contribution in [0.5, 0.6) is 0 Å². The van der Waals surface area contributed by atoms with Crippen molar-refractivity contribution >= 4 is 5.78 Å². The molecule has 0 heterocycles. The van der Waals surface area contributed by atoms with Crippen molar-refractivity contribution in [2.45, 2.75) is 54.7 Å². The van der Waals surface area contributed by atoms with Crippen LogP contribution in [0.1, 0.15) is 42.5 Å². The quantitative estimate of drug-likeness (QED) is 0.677. The highest BCUT2D eigenvalue weighted by Gasteiger charge is 2.05. The number of hydrogen-bond donors (Lipinski definition) is 1. The second-order valence-corrected chi connectivity index (χ2v) is 2.90. The Kier molecular flexibility index (Phi) is 13.7. The molecule has 1 unspecified atom stereocenters. The molecule has 0 aromatic rings. The number of carbonyl (C=O) groups excluding carboxylic acids is 1. The molecule has 0 saturated heterocycles. The van der Waals surface area contributed by atoms with Crippen LogP contribution in [0.3, 0.4) is 0 Å². The molecule has 1 atom stereocenters. The Labute approximate surface area is 82.9 Å². The maximum absolute atomic E-state index is 10.7. The van der Waals surface area contributed by atoms with Crippen LogP contribution >= 0.6 is 0 Å². The van der Waals surface area contributed by atoms with Crippen LogP contribution in [0, 0.1) is 0 Å². The third-order valence-corrected chi connectivity index (χ3v) is 1.42. The number of rotatable bonds is 5. The Bertz CT molecular complexity index is 124. The summed E-state index contributed by atoms with van der Waals surface area (Å²) in [5.41, 5.74) is 0. The zero-order chi connectivity index (χ0) is 8.85. The maximum atomic E-state index is 10.7. The lowest BCUT2D eigenvalue weighted by atomic mass is 10.2. The summed E-state index contributed by atoms with van der Waals surface area (Å²) in [5.74, 6) is 0.136. The van der Waals surface area contributed by atoms with Crippen molar-refractivity contribution in [3.63, 3.8) is 0 Å². The SMILES string of the molecule is C.C.CC(=O)C(C)NCOC(C)C. The van der Waals surface area contributed by atoms with E-state index in [1.165, 1.54) is 0 Å². The van der Waals surface area contributed by atoms with E-state index in [0.717, 1.165) is 0 Å². The van der Waals surface area contributed by atoms with Gasteiger partial charge in [-0.25, -0.2) is 0 Å². The van der Waals surface area contributed by atoms with Gasteiger partial charge in [0.2, 0.25) is 0 Å². The molecule has 0 spiro atoms. The van der Waals surface area contributed by atoms with Crippen molar-refractivity contribution in [1.29, 1.82) is 0 Å². The summed E-state index contributed by atoms with van der Waals surface area (Å²) in [5, 5.41) is 2.94. The molecule has 0 aromatic carbocycles. The second-order valence-electron chi connectivity index (χ2n) is 2.90. The monoisotopic (exact) mass is 191 g/mol. The summed E-state index contributed by atoms with van der Waals surface area (Å²) >= 11 is 0. The molecule has 0 fully saturated rings. The Morgan fingerprint density at radius 2 is 1.77 bits per heavy atom. The third kappa shape index (κ3) is 11.6. The van der Waals surface area contributed by atoms with E-state index >= 15 is 0 Å². The number of ether oxygens (including phenoxy) is 1. The number of ketones is 1. The van der Waals surface area contributed by atoms with Crippen LogP contribution in [0.25, 0.3) is 0 Å². The van der Waals surface area contributed by atoms with Crippen molar-refractivity contribution in [3.05, 3.63) is 0 Å². The van der Waals surface area contributed by atoms with Gasteiger partial charge in [-0.3, -0.25) is 10.1 Å². The molecule has 1 N–H and O–H groups in total. The number of Topliss-reactive ketones (excluding diaryl/α,β-unsaturated/α-hetero) is 1. The van der Waals surface area contributed by atoms with Gasteiger partial charge in [-0.1, -0.05) is 14.9 Å². The van der Waals surface area contributed by atoms with Crippen molar-refractivity contribution in [3.8, 4) is 0 Å². The van der Waals surface area contributed by atoms with Crippen molar-refractivity contribution in [2.75, 3.05) is 6.73 Å². The summed E-state index contributed by atoms with van der Waals surface area (Å²) in [6.07, 6.45) is 0.210. The summed E-state index contributed by atoms with van der Waals surface area (Å²) in [4.78, 5) is 10.7. The summed E-state index contributed by atoms with van der Waals surface area (Å²) < 4.78 is 5.20. The highest BCUT2D eigenvalue weighted by molar-refractivity contribution is 5.80. The lowest BCUT2D eigenvalue weighted by molar-refractivity contribution is -0.119. The molecule has 82 valence electrons. The molecule has 3 nitrogen and oxygen atoms in total. The lowest BCUT2D eigenvalue weighted by Crippen LogP contribution is -2.34. The average molecular weight is 191 g/mol. The molecule has 13 heavy (non-hydrogen) atoms. The fourth-order valence-corrected chi connectivity index (χ4v) is 0.484. The predicted molar refractivity (Wildman–Crippen MR) is 57.8 cm³/mol. The fourth-order valence-electron chi connectivity index (χ4n) is 0.484. The maximum Gasteiger partial charge on any atom is 0.146 e. The van der Waals surface area contributed by atoms with Gasteiger partial charge in [0.15, 0.2) is 0 Å². The zero-order valence-corrected chi connectivity index (χ0v) is 7.68. The van der Waals surface area contributed by atoms with E-state index in [2.05, 4.69) is 5.32 Å². The molecular formula is C10H25NO2.